The van der Waals surface area contributed by atoms with Gasteiger partial charge in [-0.2, -0.15) is 0 Å². The molecule has 0 amide bonds. The number of hydrogen-bond acceptors (Lipinski definition) is 1. The van der Waals surface area contributed by atoms with Gasteiger partial charge in [0, 0.05) is 6.42 Å². The van der Waals surface area contributed by atoms with Crippen molar-refractivity contribution < 1.29 is 5.11 Å². The van der Waals surface area contributed by atoms with Crippen molar-refractivity contribution in [3.8, 4) is 0 Å². The van der Waals surface area contributed by atoms with Gasteiger partial charge in [0.25, 0.3) is 0 Å². The van der Waals surface area contributed by atoms with Crippen LogP contribution in [-0.4, -0.2) is 10.7 Å². The largest absolute Gasteiger partial charge is 0.390 e. The second kappa shape index (κ2) is 5.60. The molecule has 0 radical (unpaired) electrons. The SMILES string of the molecule is OC1(Cc2ccc(Cl)c(Cl)c2)CCCCCC1. The van der Waals surface area contributed by atoms with Gasteiger partial charge in [-0.05, 0) is 30.5 Å². The van der Waals surface area contributed by atoms with Gasteiger partial charge in [0.2, 0.25) is 0 Å². The minimum absolute atomic E-state index is 0.548. The maximum atomic E-state index is 10.6. The molecule has 3 heteroatoms. The van der Waals surface area contributed by atoms with Crippen LogP contribution in [-0.2, 0) is 6.42 Å². The molecule has 94 valence electrons. The van der Waals surface area contributed by atoms with Crippen LogP contribution in [0.15, 0.2) is 18.2 Å². The molecule has 0 unspecified atom stereocenters. The van der Waals surface area contributed by atoms with E-state index in [9.17, 15) is 5.11 Å². The molecule has 2 rings (SSSR count). The Hall–Kier alpha value is -0.240. The fourth-order valence-electron chi connectivity index (χ4n) is 2.59. The van der Waals surface area contributed by atoms with Crippen molar-refractivity contribution in [3.05, 3.63) is 33.8 Å². The Balaban J connectivity index is 2.10. The van der Waals surface area contributed by atoms with E-state index in [4.69, 9.17) is 23.2 Å². The minimum atomic E-state index is -0.548. The lowest BCUT2D eigenvalue weighted by Gasteiger charge is -2.26. The molecule has 0 atom stereocenters. The molecule has 0 bridgehead atoms. The molecule has 17 heavy (non-hydrogen) atoms. The van der Waals surface area contributed by atoms with Gasteiger partial charge in [-0.25, -0.2) is 0 Å². The van der Waals surface area contributed by atoms with E-state index >= 15 is 0 Å². The van der Waals surface area contributed by atoms with Crippen LogP contribution >= 0.6 is 23.2 Å². The molecule has 1 aliphatic carbocycles. The summed E-state index contributed by atoms with van der Waals surface area (Å²) in [5.74, 6) is 0. The second-order valence-corrected chi connectivity index (χ2v) is 5.88. The van der Waals surface area contributed by atoms with Gasteiger partial charge in [-0.3, -0.25) is 0 Å². The van der Waals surface area contributed by atoms with E-state index in [1.807, 2.05) is 12.1 Å². The van der Waals surface area contributed by atoms with Crippen LogP contribution in [0.5, 0.6) is 0 Å². The summed E-state index contributed by atoms with van der Waals surface area (Å²) in [4.78, 5) is 0. The molecule has 1 fully saturated rings. The van der Waals surface area contributed by atoms with Crippen molar-refractivity contribution in [2.75, 3.05) is 0 Å². The Bertz CT molecular complexity index is 382. The van der Waals surface area contributed by atoms with Gasteiger partial charge < -0.3 is 5.11 Å². The lowest BCUT2D eigenvalue weighted by Crippen LogP contribution is -2.30. The highest BCUT2D eigenvalue weighted by molar-refractivity contribution is 6.42. The molecular formula is C14H18Cl2O. The molecule has 0 aliphatic heterocycles. The first-order valence-corrected chi connectivity index (χ1v) is 7.01. The number of halogens is 2. The Labute approximate surface area is 113 Å². The third-order valence-corrected chi connectivity index (χ3v) is 4.29. The first kappa shape index (κ1) is 13.2. The first-order chi connectivity index (χ1) is 8.09. The van der Waals surface area contributed by atoms with E-state index in [0.717, 1.165) is 31.2 Å². The van der Waals surface area contributed by atoms with Crippen molar-refractivity contribution >= 4 is 23.2 Å². The van der Waals surface area contributed by atoms with E-state index < -0.39 is 5.60 Å². The highest BCUT2D eigenvalue weighted by Gasteiger charge is 2.28. The topological polar surface area (TPSA) is 20.2 Å². The van der Waals surface area contributed by atoms with Crippen molar-refractivity contribution in [3.63, 3.8) is 0 Å². The third kappa shape index (κ3) is 3.61. The monoisotopic (exact) mass is 272 g/mol. The summed E-state index contributed by atoms with van der Waals surface area (Å²) in [6.45, 7) is 0. The van der Waals surface area contributed by atoms with Crippen LogP contribution < -0.4 is 0 Å². The zero-order valence-electron chi connectivity index (χ0n) is 9.88. The molecular weight excluding hydrogens is 255 g/mol. The molecule has 1 aliphatic rings. The average molecular weight is 273 g/mol. The third-order valence-electron chi connectivity index (χ3n) is 3.55. The van der Waals surface area contributed by atoms with E-state index in [1.165, 1.54) is 12.8 Å². The number of hydrogen-bond donors (Lipinski definition) is 1. The predicted octanol–water partition coefficient (Wildman–Crippen LogP) is 4.62. The van der Waals surface area contributed by atoms with Crippen LogP contribution in [0.2, 0.25) is 10.0 Å². The van der Waals surface area contributed by atoms with E-state index in [-0.39, 0.29) is 0 Å². The van der Waals surface area contributed by atoms with Crippen LogP contribution in [0.1, 0.15) is 44.1 Å². The summed E-state index contributed by atoms with van der Waals surface area (Å²) in [5, 5.41) is 11.7. The smallest absolute Gasteiger partial charge is 0.0688 e. The Morgan fingerprint density at radius 2 is 1.65 bits per heavy atom. The Morgan fingerprint density at radius 1 is 1.00 bits per heavy atom. The van der Waals surface area contributed by atoms with E-state index in [0.29, 0.717) is 16.5 Å². The molecule has 1 aromatic carbocycles. The Kier molecular flexibility index (Phi) is 4.35. The van der Waals surface area contributed by atoms with Crippen LogP contribution in [0.25, 0.3) is 0 Å². The predicted molar refractivity (Wildman–Crippen MR) is 72.8 cm³/mol. The lowest BCUT2D eigenvalue weighted by molar-refractivity contribution is 0.0252. The van der Waals surface area contributed by atoms with Crippen molar-refractivity contribution in [1.82, 2.24) is 0 Å². The zero-order chi connectivity index (χ0) is 12.3. The summed E-state index contributed by atoms with van der Waals surface area (Å²) >= 11 is 11.9. The summed E-state index contributed by atoms with van der Waals surface area (Å²) in [5.41, 5.74) is 0.525. The number of benzene rings is 1. The van der Waals surface area contributed by atoms with E-state index in [1.54, 1.807) is 6.07 Å². The maximum Gasteiger partial charge on any atom is 0.0688 e. The summed E-state index contributed by atoms with van der Waals surface area (Å²) in [7, 11) is 0. The van der Waals surface area contributed by atoms with Gasteiger partial charge in [0.15, 0.2) is 0 Å². The first-order valence-electron chi connectivity index (χ1n) is 6.25. The maximum absolute atomic E-state index is 10.6. The normalized spacial score (nSPS) is 19.9. The van der Waals surface area contributed by atoms with Gasteiger partial charge in [0.1, 0.15) is 0 Å². The Morgan fingerprint density at radius 3 is 2.24 bits per heavy atom. The highest BCUT2D eigenvalue weighted by Crippen LogP contribution is 2.31. The number of aliphatic hydroxyl groups is 1. The number of rotatable bonds is 2. The fourth-order valence-corrected chi connectivity index (χ4v) is 2.91. The molecule has 1 nitrogen and oxygen atoms in total. The van der Waals surface area contributed by atoms with Crippen LogP contribution in [0.3, 0.4) is 0 Å². The molecule has 0 spiro atoms. The van der Waals surface area contributed by atoms with Gasteiger partial charge >= 0.3 is 0 Å². The molecule has 0 heterocycles. The van der Waals surface area contributed by atoms with Crippen molar-refractivity contribution in [2.45, 2.75) is 50.5 Å². The lowest BCUT2D eigenvalue weighted by atomic mass is 9.87. The van der Waals surface area contributed by atoms with Crippen molar-refractivity contribution in [2.24, 2.45) is 0 Å². The fraction of sp³-hybridized carbons (Fsp3) is 0.571. The summed E-state index contributed by atoms with van der Waals surface area (Å²) in [6.07, 6.45) is 7.20. The standard InChI is InChI=1S/C14H18Cl2O/c15-12-6-5-11(9-13(12)16)10-14(17)7-3-1-2-4-8-14/h5-6,9,17H,1-4,7-8,10H2. The van der Waals surface area contributed by atoms with Gasteiger partial charge in [-0.15, -0.1) is 0 Å². The summed E-state index contributed by atoms with van der Waals surface area (Å²) < 4.78 is 0. The molecule has 0 aromatic heterocycles. The summed E-state index contributed by atoms with van der Waals surface area (Å²) in [6, 6.07) is 5.63. The van der Waals surface area contributed by atoms with Crippen LogP contribution in [0.4, 0.5) is 0 Å². The minimum Gasteiger partial charge on any atom is -0.390 e. The van der Waals surface area contributed by atoms with Crippen LogP contribution in [0, 0.1) is 0 Å². The molecule has 1 aromatic rings. The quantitative estimate of drug-likeness (QED) is 0.779. The zero-order valence-corrected chi connectivity index (χ0v) is 11.4. The molecule has 0 saturated heterocycles. The highest BCUT2D eigenvalue weighted by atomic mass is 35.5. The molecule has 1 N–H and O–H groups in total. The average Bonchev–Trinajstić information content (AvgIpc) is 2.49. The van der Waals surface area contributed by atoms with E-state index in [2.05, 4.69) is 0 Å². The second-order valence-electron chi connectivity index (χ2n) is 5.06. The van der Waals surface area contributed by atoms with Gasteiger partial charge in [0.05, 0.1) is 15.6 Å². The van der Waals surface area contributed by atoms with Crippen molar-refractivity contribution in [1.29, 1.82) is 0 Å². The van der Waals surface area contributed by atoms with Gasteiger partial charge in [-0.1, -0.05) is 55.0 Å². The molecule has 1 saturated carbocycles.